The van der Waals surface area contributed by atoms with Gasteiger partial charge in [-0.25, -0.2) is 0 Å². The predicted octanol–water partition coefficient (Wildman–Crippen LogP) is 2.43. The average molecular weight is 424 g/mol. The summed E-state index contributed by atoms with van der Waals surface area (Å²) in [5, 5.41) is 6.55. The van der Waals surface area contributed by atoms with Crippen molar-refractivity contribution in [2.24, 2.45) is 0 Å². The van der Waals surface area contributed by atoms with Crippen LogP contribution in [0.2, 0.25) is 5.02 Å². The van der Waals surface area contributed by atoms with Crippen molar-refractivity contribution in [2.45, 2.75) is 6.04 Å². The van der Waals surface area contributed by atoms with Gasteiger partial charge in [0.2, 0.25) is 5.91 Å². The molecule has 0 aliphatic carbocycles. The molecule has 3 rings (SSSR count). The summed E-state index contributed by atoms with van der Waals surface area (Å²) in [6.07, 6.45) is 0. The van der Waals surface area contributed by atoms with Crippen molar-refractivity contribution in [3.63, 3.8) is 0 Å². The van der Waals surface area contributed by atoms with Gasteiger partial charge < -0.3 is 20.3 Å². The van der Waals surface area contributed by atoms with E-state index < -0.39 is 0 Å². The first-order valence-corrected chi connectivity index (χ1v) is 9.22. The lowest BCUT2D eigenvalue weighted by molar-refractivity contribution is -0.136. The Hall–Kier alpha value is -2.28. The highest BCUT2D eigenvalue weighted by atomic mass is 35.5. The van der Waals surface area contributed by atoms with Crippen LogP contribution in [0.1, 0.15) is 11.6 Å². The molecule has 2 aromatic rings. The zero-order valence-corrected chi connectivity index (χ0v) is 16.8. The molecule has 150 valence electrons. The fourth-order valence-electron chi connectivity index (χ4n) is 3.02. The van der Waals surface area contributed by atoms with E-state index in [1.54, 1.807) is 17.0 Å². The van der Waals surface area contributed by atoms with Crippen LogP contribution in [0.3, 0.4) is 0 Å². The number of hydrogen-bond donors (Lipinski definition) is 2. The summed E-state index contributed by atoms with van der Waals surface area (Å²) in [6, 6.07) is 16.4. The second-order valence-corrected chi connectivity index (χ2v) is 6.61. The van der Waals surface area contributed by atoms with E-state index in [9.17, 15) is 9.59 Å². The van der Waals surface area contributed by atoms with Gasteiger partial charge in [-0.15, -0.1) is 12.4 Å². The summed E-state index contributed by atoms with van der Waals surface area (Å²) >= 11 is 6.30. The molecule has 2 aromatic carbocycles. The SMILES string of the molecule is Cl.O=C(COc1ccccc1)NCC(=O)N1CCNCC1c1ccccc1Cl. The summed E-state index contributed by atoms with van der Waals surface area (Å²) in [6.45, 7) is 1.69. The van der Waals surface area contributed by atoms with Gasteiger partial charge in [-0.3, -0.25) is 9.59 Å². The minimum Gasteiger partial charge on any atom is -0.484 e. The molecule has 0 radical (unpaired) electrons. The summed E-state index contributed by atoms with van der Waals surface area (Å²) in [7, 11) is 0. The monoisotopic (exact) mass is 423 g/mol. The fourth-order valence-corrected chi connectivity index (χ4v) is 3.28. The van der Waals surface area contributed by atoms with Gasteiger partial charge in [0.1, 0.15) is 5.75 Å². The van der Waals surface area contributed by atoms with Gasteiger partial charge in [0.15, 0.2) is 6.61 Å². The molecule has 1 aliphatic rings. The number of carbonyl (C=O) groups excluding carboxylic acids is 2. The third kappa shape index (κ3) is 5.86. The van der Waals surface area contributed by atoms with Crippen molar-refractivity contribution in [1.29, 1.82) is 0 Å². The molecule has 8 heteroatoms. The van der Waals surface area contributed by atoms with Gasteiger partial charge in [0, 0.05) is 24.7 Å². The van der Waals surface area contributed by atoms with Crippen LogP contribution in [0, 0.1) is 0 Å². The van der Waals surface area contributed by atoms with E-state index in [-0.39, 0.29) is 43.4 Å². The lowest BCUT2D eigenvalue weighted by atomic mass is 10.0. The number of para-hydroxylation sites is 1. The molecule has 1 aliphatic heterocycles. The van der Waals surface area contributed by atoms with Crippen LogP contribution in [0.25, 0.3) is 0 Å². The van der Waals surface area contributed by atoms with Crippen molar-refractivity contribution in [3.8, 4) is 5.75 Å². The Kier molecular flexibility index (Phi) is 8.57. The summed E-state index contributed by atoms with van der Waals surface area (Å²) in [5.74, 6) is 0.131. The third-order valence-corrected chi connectivity index (χ3v) is 4.72. The van der Waals surface area contributed by atoms with Crippen molar-refractivity contribution >= 4 is 35.8 Å². The number of carbonyl (C=O) groups is 2. The Morgan fingerprint density at radius 1 is 1.14 bits per heavy atom. The first kappa shape index (κ1) is 22.0. The molecule has 1 saturated heterocycles. The maximum absolute atomic E-state index is 12.7. The van der Waals surface area contributed by atoms with E-state index >= 15 is 0 Å². The molecular formula is C20H23Cl2N3O3. The normalized spacial score (nSPS) is 16.0. The standard InChI is InChI=1S/C20H22ClN3O3.ClH/c21-17-9-5-4-8-16(17)18-12-22-10-11-24(18)20(26)13-23-19(25)14-27-15-6-2-1-3-7-15;/h1-9,18,22H,10-14H2,(H,23,25);1H. The van der Waals surface area contributed by atoms with Crippen LogP contribution in [0.15, 0.2) is 54.6 Å². The molecule has 0 bridgehead atoms. The lowest BCUT2D eigenvalue weighted by Crippen LogP contribution is -2.51. The van der Waals surface area contributed by atoms with Gasteiger partial charge in [-0.2, -0.15) is 0 Å². The highest BCUT2D eigenvalue weighted by Gasteiger charge is 2.29. The van der Waals surface area contributed by atoms with E-state index in [1.807, 2.05) is 42.5 Å². The second kappa shape index (κ2) is 10.9. The second-order valence-electron chi connectivity index (χ2n) is 6.21. The number of nitrogens with one attached hydrogen (secondary N) is 2. The van der Waals surface area contributed by atoms with Crippen LogP contribution in [-0.4, -0.2) is 49.5 Å². The van der Waals surface area contributed by atoms with Gasteiger partial charge in [-0.1, -0.05) is 48.0 Å². The molecule has 1 atom stereocenters. The van der Waals surface area contributed by atoms with Crippen LogP contribution in [0.5, 0.6) is 5.75 Å². The molecular weight excluding hydrogens is 401 g/mol. The van der Waals surface area contributed by atoms with E-state index in [2.05, 4.69) is 10.6 Å². The quantitative estimate of drug-likeness (QED) is 0.748. The van der Waals surface area contributed by atoms with Gasteiger partial charge >= 0.3 is 0 Å². The van der Waals surface area contributed by atoms with Crippen molar-refractivity contribution in [2.75, 3.05) is 32.8 Å². The molecule has 0 saturated carbocycles. The molecule has 1 fully saturated rings. The number of benzene rings is 2. The van der Waals surface area contributed by atoms with E-state index in [4.69, 9.17) is 16.3 Å². The molecule has 1 unspecified atom stereocenters. The largest absolute Gasteiger partial charge is 0.484 e. The Labute approximate surface area is 175 Å². The lowest BCUT2D eigenvalue weighted by Gasteiger charge is -2.37. The molecule has 28 heavy (non-hydrogen) atoms. The van der Waals surface area contributed by atoms with E-state index in [0.29, 0.717) is 30.4 Å². The van der Waals surface area contributed by atoms with Gasteiger partial charge in [0.05, 0.1) is 12.6 Å². The topological polar surface area (TPSA) is 70.7 Å². The van der Waals surface area contributed by atoms with E-state index in [0.717, 1.165) is 5.56 Å². The first-order chi connectivity index (χ1) is 13.1. The van der Waals surface area contributed by atoms with E-state index in [1.165, 1.54) is 0 Å². The Balaban J connectivity index is 0.00000280. The Bertz CT molecular complexity index is 789. The summed E-state index contributed by atoms with van der Waals surface area (Å²) < 4.78 is 5.39. The zero-order chi connectivity index (χ0) is 19.1. The van der Waals surface area contributed by atoms with Crippen molar-refractivity contribution < 1.29 is 14.3 Å². The molecule has 2 amide bonds. The molecule has 1 heterocycles. The number of amides is 2. The number of rotatable bonds is 6. The van der Waals surface area contributed by atoms with Gasteiger partial charge in [-0.05, 0) is 23.8 Å². The Morgan fingerprint density at radius 3 is 2.61 bits per heavy atom. The number of nitrogens with zero attached hydrogens (tertiary/aromatic N) is 1. The molecule has 0 aromatic heterocycles. The molecule has 6 nitrogen and oxygen atoms in total. The number of halogens is 2. The summed E-state index contributed by atoms with van der Waals surface area (Å²) in [5.41, 5.74) is 0.901. The van der Waals surface area contributed by atoms with Crippen LogP contribution in [0.4, 0.5) is 0 Å². The number of ether oxygens (including phenoxy) is 1. The number of hydrogen-bond acceptors (Lipinski definition) is 4. The maximum atomic E-state index is 12.7. The van der Waals surface area contributed by atoms with Crippen molar-refractivity contribution in [1.82, 2.24) is 15.5 Å². The molecule has 0 spiro atoms. The highest BCUT2D eigenvalue weighted by Crippen LogP contribution is 2.28. The molecule has 2 N–H and O–H groups in total. The summed E-state index contributed by atoms with van der Waals surface area (Å²) in [4.78, 5) is 26.4. The highest BCUT2D eigenvalue weighted by molar-refractivity contribution is 6.31. The number of piperazine rings is 1. The van der Waals surface area contributed by atoms with Gasteiger partial charge in [0.25, 0.3) is 5.91 Å². The predicted molar refractivity (Wildman–Crippen MR) is 111 cm³/mol. The van der Waals surface area contributed by atoms with Crippen LogP contribution in [-0.2, 0) is 9.59 Å². The van der Waals surface area contributed by atoms with Crippen LogP contribution >= 0.6 is 24.0 Å². The van der Waals surface area contributed by atoms with Crippen molar-refractivity contribution in [3.05, 3.63) is 65.2 Å². The maximum Gasteiger partial charge on any atom is 0.258 e. The fraction of sp³-hybridized carbons (Fsp3) is 0.300. The minimum atomic E-state index is -0.336. The first-order valence-electron chi connectivity index (χ1n) is 8.84. The smallest absolute Gasteiger partial charge is 0.258 e. The minimum absolute atomic E-state index is 0. The Morgan fingerprint density at radius 2 is 1.86 bits per heavy atom. The third-order valence-electron chi connectivity index (χ3n) is 4.38. The van der Waals surface area contributed by atoms with Crippen LogP contribution < -0.4 is 15.4 Å². The average Bonchev–Trinajstić information content (AvgIpc) is 2.71. The zero-order valence-electron chi connectivity index (χ0n) is 15.3.